The average molecular weight is 284 g/mol. The standard InChI is InChI=1S/C15H22ClNO2/c1-5-15(17-11(3)4,14(18)19-6-2)12-7-9-13(16)10-8-12/h7-11,17H,5-6H2,1-4H3. The molecule has 1 N–H and O–H groups in total. The number of halogens is 1. The van der Waals surface area contributed by atoms with Crippen molar-refractivity contribution in [2.75, 3.05) is 6.61 Å². The van der Waals surface area contributed by atoms with Crippen LogP contribution < -0.4 is 5.32 Å². The molecule has 0 aliphatic heterocycles. The molecule has 0 radical (unpaired) electrons. The Bertz CT molecular complexity index is 417. The third-order valence-corrected chi connectivity index (χ3v) is 3.28. The third-order valence-electron chi connectivity index (χ3n) is 3.03. The summed E-state index contributed by atoms with van der Waals surface area (Å²) in [6, 6.07) is 7.50. The molecule has 1 rings (SSSR count). The summed E-state index contributed by atoms with van der Waals surface area (Å²) in [5.74, 6) is -0.242. The summed E-state index contributed by atoms with van der Waals surface area (Å²) in [6.07, 6.45) is 0.617. The first-order valence-corrected chi connectivity index (χ1v) is 7.05. The highest BCUT2D eigenvalue weighted by Crippen LogP contribution is 2.28. The van der Waals surface area contributed by atoms with Crippen LogP contribution in [0.2, 0.25) is 5.02 Å². The maximum absolute atomic E-state index is 12.4. The third kappa shape index (κ3) is 3.71. The maximum Gasteiger partial charge on any atom is 0.330 e. The van der Waals surface area contributed by atoms with Crippen LogP contribution in [0.4, 0.5) is 0 Å². The van der Waals surface area contributed by atoms with Gasteiger partial charge in [0.05, 0.1) is 6.61 Å². The molecule has 0 amide bonds. The first kappa shape index (κ1) is 16.0. The Kier molecular flexibility index (Phi) is 5.83. The number of ether oxygens (including phenoxy) is 1. The van der Waals surface area contributed by atoms with Crippen molar-refractivity contribution in [3.63, 3.8) is 0 Å². The van der Waals surface area contributed by atoms with Crippen molar-refractivity contribution in [2.45, 2.75) is 45.7 Å². The molecule has 3 nitrogen and oxygen atoms in total. The Morgan fingerprint density at radius 2 is 1.89 bits per heavy atom. The van der Waals surface area contributed by atoms with Gasteiger partial charge in [0.2, 0.25) is 0 Å². The molecule has 4 heteroatoms. The number of esters is 1. The molecule has 106 valence electrons. The number of hydrogen-bond donors (Lipinski definition) is 1. The van der Waals surface area contributed by atoms with Crippen LogP contribution in [0.15, 0.2) is 24.3 Å². The fraction of sp³-hybridized carbons (Fsp3) is 0.533. The van der Waals surface area contributed by atoms with E-state index in [1.165, 1.54) is 0 Å². The predicted molar refractivity (Wildman–Crippen MR) is 78.3 cm³/mol. The highest BCUT2D eigenvalue weighted by atomic mass is 35.5. The van der Waals surface area contributed by atoms with Crippen molar-refractivity contribution in [3.8, 4) is 0 Å². The summed E-state index contributed by atoms with van der Waals surface area (Å²) < 4.78 is 5.25. The van der Waals surface area contributed by atoms with Gasteiger partial charge in [-0.1, -0.05) is 30.7 Å². The van der Waals surface area contributed by atoms with E-state index in [2.05, 4.69) is 5.32 Å². The molecule has 0 saturated heterocycles. The molecule has 1 unspecified atom stereocenters. The van der Waals surface area contributed by atoms with Gasteiger partial charge < -0.3 is 4.74 Å². The van der Waals surface area contributed by atoms with Crippen LogP contribution in [0.5, 0.6) is 0 Å². The molecule has 0 aliphatic carbocycles. The SMILES string of the molecule is CCOC(=O)C(CC)(NC(C)C)c1ccc(Cl)cc1. The number of nitrogens with one attached hydrogen (secondary N) is 1. The van der Waals surface area contributed by atoms with E-state index in [1.54, 1.807) is 12.1 Å². The second-order valence-electron chi connectivity index (χ2n) is 4.79. The van der Waals surface area contributed by atoms with Gasteiger partial charge in [0.15, 0.2) is 0 Å². The van der Waals surface area contributed by atoms with Gasteiger partial charge >= 0.3 is 5.97 Å². The summed E-state index contributed by atoms with van der Waals surface area (Å²) in [5, 5.41) is 4.00. The van der Waals surface area contributed by atoms with Gasteiger partial charge in [0.25, 0.3) is 0 Å². The van der Waals surface area contributed by atoms with Gasteiger partial charge in [0, 0.05) is 11.1 Å². The van der Waals surface area contributed by atoms with Crippen LogP contribution in [0, 0.1) is 0 Å². The molecular weight excluding hydrogens is 262 g/mol. The summed E-state index contributed by atoms with van der Waals surface area (Å²) >= 11 is 5.91. The van der Waals surface area contributed by atoms with Crippen LogP contribution in [0.25, 0.3) is 0 Å². The molecule has 1 atom stereocenters. The molecule has 0 fully saturated rings. The van der Waals surface area contributed by atoms with Crippen molar-refractivity contribution in [3.05, 3.63) is 34.9 Å². The van der Waals surface area contributed by atoms with E-state index in [9.17, 15) is 4.79 Å². The van der Waals surface area contributed by atoms with Gasteiger partial charge in [0.1, 0.15) is 5.54 Å². The van der Waals surface area contributed by atoms with Gasteiger partial charge in [-0.2, -0.15) is 0 Å². The Morgan fingerprint density at radius 3 is 2.32 bits per heavy atom. The van der Waals surface area contributed by atoms with E-state index in [0.29, 0.717) is 18.1 Å². The molecule has 1 aromatic rings. The van der Waals surface area contributed by atoms with Crippen LogP contribution in [-0.2, 0) is 15.1 Å². The molecular formula is C15H22ClNO2. The van der Waals surface area contributed by atoms with Gasteiger partial charge in [-0.15, -0.1) is 0 Å². The quantitative estimate of drug-likeness (QED) is 0.812. The smallest absolute Gasteiger partial charge is 0.330 e. The zero-order chi connectivity index (χ0) is 14.5. The summed E-state index contributed by atoms with van der Waals surface area (Å²) in [7, 11) is 0. The van der Waals surface area contributed by atoms with Crippen LogP contribution >= 0.6 is 11.6 Å². The highest BCUT2D eigenvalue weighted by molar-refractivity contribution is 6.30. The normalized spacial score (nSPS) is 14.2. The molecule has 0 saturated carbocycles. The fourth-order valence-corrected chi connectivity index (χ4v) is 2.32. The number of benzene rings is 1. The number of rotatable bonds is 6. The second-order valence-corrected chi connectivity index (χ2v) is 5.22. The molecule has 1 aromatic carbocycles. The lowest BCUT2D eigenvalue weighted by atomic mass is 9.86. The van der Waals surface area contributed by atoms with Crippen molar-refractivity contribution in [2.24, 2.45) is 0 Å². The van der Waals surface area contributed by atoms with Gasteiger partial charge in [-0.3, -0.25) is 5.32 Å². The Labute approximate surface area is 120 Å². The Balaban J connectivity index is 3.22. The second kappa shape index (κ2) is 6.92. The number of carbonyl (C=O) groups excluding carboxylic acids is 1. The predicted octanol–water partition coefficient (Wildman–Crippen LogP) is 3.51. The van der Waals surface area contributed by atoms with E-state index in [-0.39, 0.29) is 12.0 Å². The lowest BCUT2D eigenvalue weighted by Gasteiger charge is -2.34. The maximum atomic E-state index is 12.4. The molecule has 0 heterocycles. The minimum absolute atomic E-state index is 0.167. The monoisotopic (exact) mass is 283 g/mol. The van der Waals surface area contributed by atoms with Crippen LogP contribution in [0.3, 0.4) is 0 Å². The first-order chi connectivity index (χ1) is 8.96. The average Bonchev–Trinajstić information content (AvgIpc) is 2.37. The van der Waals surface area contributed by atoms with Gasteiger partial charge in [-0.05, 0) is 44.9 Å². The van der Waals surface area contributed by atoms with E-state index in [4.69, 9.17) is 16.3 Å². The van der Waals surface area contributed by atoms with Gasteiger partial charge in [-0.25, -0.2) is 4.79 Å². The number of hydrogen-bond acceptors (Lipinski definition) is 3. The fourth-order valence-electron chi connectivity index (χ4n) is 2.19. The van der Waals surface area contributed by atoms with E-state index >= 15 is 0 Å². The van der Waals surface area contributed by atoms with Crippen LogP contribution in [-0.4, -0.2) is 18.6 Å². The lowest BCUT2D eigenvalue weighted by molar-refractivity contribution is -0.152. The highest BCUT2D eigenvalue weighted by Gasteiger charge is 2.40. The molecule has 19 heavy (non-hydrogen) atoms. The van der Waals surface area contributed by atoms with E-state index < -0.39 is 5.54 Å². The van der Waals surface area contributed by atoms with E-state index in [1.807, 2.05) is 39.8 Å². The molecule has 0 aromatic heterocycles. The summed E-state index contributed by atoms with van der Waals surface area (Å²) in [4.78, 5) is 12.4. The minimum Gasteiger partial charge on any atom is -0.464 e. The Hall–Kier alpha value is -1.06. The van der Waals surface area contributed by atoms with Crippen molar-refractivity contribution in [1.29, 1.82) is 0 Å². The zero-order valence-electron chi connectivity index (χ0n) is 12.0. The minimum atomic E-state index is -0.811. The summed E-state index contributed by atoms with van der Waals surface area (Å²) in [6.45, 7) is 8.18. The van der Waals surface area contributed by atoms with Crippen LogP contribution in [0.1, 0.15) is 39.7 Å². The first-order valence-electron chi connectivity index (χ1n) is 6.67. The largest absolute Gasteiger partial charge is 0.464 e. The van der Waals surface area contributed by atoms with Crippen molar-refractivity contribution >= 4 is 17.6 Å². The van der Waals surface area contributed by atoms with Crippen molar-refractivity contribution < 1.29 is 9.53 Å². The zero-order valence-corrected chi connectivity index (χ0v) is 12.8. The number of carbonyl (C=O) groups is 1. The lowest BCUT2D eigenvalue weighted by Crippen LogP contribution is -2.52. The summed E-state index contributed by atoms with van der Waals surface area (Å²) in [5.41, 5.74) is 0.0703. The molecule has 0 spiro atoms. The molecule has 0 aliphatic rings. The Morgan fingerprint density at radius 1 is 1.32 bits per heavy atom. The topological polar surface area (TPSA) is 38.3 Å². The van der Waals surface area contributed by atoms with E-state index in [0.717, 1.165) is 5.56 Å². The molecule has 0 bridgehead atoms. The van der Waals surface area contributed by atoms with Crippen molar-refractivity contribution in [1.82, 2.24) is 5.32 Å².